The van der Waals surface area contributed by atoms with Crippen LogP contribution in [-0.4, -0.2) is 68.3 Å². The molecule has 49 heavy (non-hydrogen) atoms. The van der Waals surface area contributed by atoms with Crippen molar-refractivity contribution < 1.29 is 52.2 Å². The first-order chi connectivity index (χ1) is 23.9. The third-order valence-corrected chi connectivity index (χ3v) is 63.3. The normalized spacial score (nSPS) is 15.7. The van der Waals surface area contributed by atoms with Crippen molar-refractivity contribution in [2.45, 2.75) is 4.30 Å². The van der Waals surface area contributed by atoms with E-state index in [0.29, 0.717) is 0 Å². The molecule has 0 spiro atoms. The van der Waals surface area contributed by atoms with Gasteiger partial charge in [-0.2, -0.15) is 0 Å². The van der Waals surface area contributed by atoms with Crippen LogP contribution in [0.1, 0.15) is 0 Å². The van der Waals surface area contributed by atoms with E-state index in [9.17, 15) is 0 Å². The van der Waals surface area contributed by atoms with Crippen LogP contribution in [0.2, 0.25) is 0 Å². The van der Waals surface area contributed by atoms with Crippen LogP contribution in [0.15, 0.2) is 121 Å². The summed E-state index contributed by atoms with van der Waals surface area (Å²) in [6.07, 6.45) is 0. The topological polar surface area (TPSA) is 83.1 Å². The van der Waals surface area contributed by atoms with Crippen molar-refractivity contribution in [3.05, 3.63) is 121 Å². The summed E-state index contributed by atoms with van der Waals surface area (Å²) in [5, 5.41) is 4.52. The Morgan fingerprint density at radius 1 is 0.347 bits per heavy atom. The molecule has 0 bridgehead atoms. The van der Waals surface area contributed by atoms with E-state index < -0.39 is 51.6 Å². The van der Waals surface area contributed by atoms with Crippen LogP contribution in [0.5, 0.6) is 0 Å². The molecule has 0 unspecified atom stereocenters. The summed E-state index contributed by atoms with van der Waals surface area (Å²) in [7, 11) is 11.9. The molecule has 0 aliphatic carbocycles. The molecule has 0 amide bonds. The predicted molar refractivity (Wildman–Crippen MR) is 210 cm³/mol. The molecule has 0 radical (unpaired) electrons. The Morgan fingerprint density at radius 3 is 0.694 bits per heavy atom. The Morgan fingerprint density at radius 2 is 0.531 bits per heavy atom. The monoisotopic (exact) mass is 814 g/mol. The van der Waals surface area contributed by atoms with E-state index in [2.05, 4.69) is 97.1 Å². The Labute approximate surface area is 297 Å². The molecule has 0 aliphatic rings. The van der Waals surface area contributed by atoms with Gasteiger partial charge in [-0.05, 0) is 0 Å². The van der Waals surface area contributed by atoms with Crippen LogP contribution >= 0.6 is 35.7 Å². The standard InChI is InChI=1S/C25H21P2.3C3H10O3P.Fe/c1-5-13-22(14-6-1)26(23-15-7-2-8-16-23)21-27(24-17-9-3-10-18-24)25-19-11-4-12-20-25;3*1-4-7(5-2)6-3;/h1-21H;3*7H,1-3H3;/q;3*+1;-3. The quantitative estimate of drug-likeness (QED) is 0.0698. The van der Waals surface area contributed by atoms with Gasteiger partial charge in [0.05, 0.1) is 0 Å². The molecule has 0 heterocycles. The Hall–Kier alpha value is -0.811. The Balaban J connectivity index is 2.47. The third-order valence-electron chi connectivity index (χ3n) is 8.00. The molecule has 0 N–H and O–H groups in total. The molecule has 4 aromatic carbocycles. The molecular formula is C34H51FeO9P5. The van der Waals surface area contributed by atoms with Crippen LogP contribution in [0.4, 0.5) is 0 Å². The molecule has 15 heteroatoms. The third kappa shape index (κ3) is 7.26. The van der Waals surface area contributed by atoms with E-state index in [4.69, 9.17) is 40.7 Å². The van der Waals surface area contributed by atoms with E-state index in [1.165, 1.54) is 0 Å². The average molecular weight is 814 g/mol. The van der Waals surface area contributed by atoms with Crippen LogP contribution in [0.3, 0.4) is 0 Å². The van der Waals surface area contributed by atoms with Gasteiger partial charge >= 0.3 is 299 Å². The number of rotatable bonds is 19. The zero-order chi connectivity index (χ0) is 35.5. The van der Waals surface area contributed by atoms with Gasteiger partial charge in [0.15, 0.2) is 0 Å². The van der Waals surface area contributed by atoms with Gasteiger partial charge in [-0.25, -0.2) is 0 Å². The first-order valence-corrected chi connectivity index (χ1v) is 28.5. The Kier molecular flexibility index (Phi) is 15.7. The summed E-state index contributed by atoms with van der Waals surface area (Å²) in [6.45, 7) is -12.2. The number of hydrogen-bond acceptors (Lipinski definition) is 9. The first kappa shape index (κ1) is 41.0. The summed E-state index contributed by atoms with van der Waals surface area (Å²) in [6, 6.07) is 42.3. The second-order valence-electron chi connectivity index (χ2n) is 10.2. The molecular weight excluding hydrogens is 763 g/mol. The number of benzene rings is 4. The predicted octanol–water partition coefficient (Wildman–Crippen LogP) is 7.74. The van der Waals surface area contributed by atoms with Crippen molar-refractivity contribution in [3.63, 3.8) is 0 Å². The maximum absolute atomic E-state index is 6.71. The molecule has 0 aliphatic heterocycles. The van der Waals surface area contributed by atoms with E-state index in [1.807, 2.05) is 24.3 Å². The molecule has 0 aromatic heterocycles. The average Bonchev–Trinajstić information content (AvgIpc) is 3.18. The molecule has 4 rings (SSSR count). The first-order valence-electron chi connectivity index (χ1n) is 15.3. The summed E-state index contributed by atoms with van der Waals surface area (Å²) in [5.74, 6) is 0. The maximum atomic E-state index is 6.71. The second kappa shape index (κ2) is 18.8. The van der Waals surface area contributed by atoms with Gasteiger partial charge in [-0.3, -0.25) is 0 Å². The van der Waals surface area contributed by atoms with Crippen molar-refractivity contribution >= 4 is 57.0 Å². The van der Waals surface area contributed by atoms with Crippen LogP contribution in [0.25, 0.3) is 0 Å². The summed E-state index contributed by atoms with van der Waals surface area (Å²) < 4.78 is 60.0. The van der Waals surface area contributed by atoms with Crippen LogP contribution in [0, 0.1) is 0 Å². The molecule has 0 atom stereocenters. The fraction of sp³-hybridized carbons (Fsp3) is 0.294. The molecule has 0 fully saturated rings. The van der Waals surface area contributed by atoms with Crippen molar-refractivity contribution in [1.82, 2.24) is 0 Å². The van der Waals surface area contributed by atoms with Gasteiger partial charge in [0.2, 0.25) is 0 Å². The van der Waals surface area contributed by atoms with Crippen molar-refractivity contribution in [1.29, 1.82) is 0 Å². The summed E-state index contributed by atoms with van der Waals surface area (Å²) >= 11 is -3.89. The summed E-state index contributed by atoms with van der Waals surface area (Å²) in [4.78, 5) is 0. The zero-order valence-corrected chi connectivity index (χ0v) is 35.4. The molecule has 0 saturated carbocycles. The SMILES string of the molecule is CO[PH](OC)(OC)[Fe]([CH](P(c1ccccc1)c1ccccc1)P(c1ccccc1)c1ccccc1)([PH](OC)(OC)OC)[PH](OC)(OC)OC. The van der Waals surface area contributed by atoms with Crippen molar-refractivity contribution in [2.75, 3.05) is 64.0 Å². The van der Waals surface area contributed by atoms with Gasteiger partial charge in [-0.15, -0.1) is 0 Å². The minimum absolute atomic E-state index is 0.406. The second-order valence-corrected chi connectivity index (χ2v) is 42.3. The fourth-order valence-electron chi connectivity index (χ4n) is 6.03. The van der Waals surface area contributed by atoms with Gasteiger partial charge in [-0.1, -0.05) is 0 Å². The van der Waals surface area contributed by atoms with Crippen molar-refractivity contribution in [3.8, 4) is 0 Å². The van der Waals surface area contributed by atoms with E-state index in [1.54, 1.807) is 64.0 Å². The van der Waals surface area contributed by atoms with Crippen LogP contribution < -0.4 is 21.2 Å². The summed E-state index contributed by atoms with van der Waals surface area (Å²) in [5.41, 5.74) is 0. The zero-order valence-electron chi connectivity index (χ0n) is 29.5. The van der Waals surface area contributed by atoms with E-state index in [0.717, 1.165) is 21.2 Å². The molecule has 9 nitrogen and oxygen atoms in total. The molecule has 4 aromatic rings. The van der Waals surface area contributed by atoms with Gasteiger partial charge < -0.3 is 0 Å². The van der Waals surface area contributed by atoms with Gasteiger partial charge in [0.25, 0.3) is 0 Å². The van der Waals surface area contributed by atoms with Gasteiger partial charge in [0.1, 0.15) is 0 Å². The fourth-order valence-corrected chi connectivity index (χ4v) is 79.6. The number of hydrogen-bond donors (Lipinski definition) is 0. The van der Waals surface area contributed by atoms with E-state index in [-0.39, 0.29) is 0 Å². The van der Waals surface area contributed by atoms with Crippen molar-refractivity contribution in [2.24, 2.45) is 0 Å². The van der Waals surface area contributed by atoms with Crippen LogP contribution in [-0.2, 0) is 52.2 Å². The van der Waals surface area contributed by atoms with E-state index >= 15 is 0 Å². The molecule has 274 valence electrons. The Bertz CT molecular complexity index is 1300. The minimum atomic E-state index is -4.08. The van der Waals surface area contributed by atoms with Gasteiger partial charge in [0, 0.05) is 0 Å². The molecule has 0 saturated heterocycles.